The van der Waals surface area contributed by atoms with Crippen molar-refractivity contribution in [3.8, 4) is 16.9 Å². The Labute approximate surface area is 194 Å². The Balaban J connectivity index is 1.27. The summed E-state index contributed by atoms with van der Waals surface area (Å²) in [5.74, 6) is 4.03. The van der Waals surface area contributed by atoms with Crippen molar-refractivity contribution in [1.82, 2.24) is 19.8 Å². The summed E-state index contributed by atoms with van der Waals surface area (Å²) in [4.78, 5) is 25.4. The number of H-pyrrole nitrogens is 1. The number of imidazole rings is 1. The molecule has 3 heterocycles. The normalized spacial score (nSPS) is 24.5. The van der Waals surface area contributed by atoms with Gasteiger partial charge in [-0.25, -0.2) is 9.78 Å². The van der Waals surface area contributed by atoms with Crippen molar-refractivity contribution in [3.63, 3.8) is 0 Å². The zero-order valence-corrected chi connectivity index (χ0v) is 19.7. The van der Waals surface area contributed by atoms with Crippen LogP contribution in [0.25, 0.3) is 22.2 Å². The fraction of sp³-hybridized carbons (Fsp3) is 0.481. The van der Waals surface area contributed by atoms with Gasteiger partial charge < -0.3 is 19.5 Å². The topological polar surface area (TPSA) is 61.5 Å². The lowest BCUT2D eigenvalue weighted by Crippen LogP contribution is -2.43. The molecular weight excluding hydrogens is 412 g/mol. The molecule has 2 aromatic carbocycles. The first kappa shape index (κ1) is 20.6. The number of nitrogens with one attached hydrogen (secondary N) is 1. The number of likely N-dealkylation sites (tertiary alicyclic amines) is 1. The Hall–Kier alpha value is -3.02. The van der Waals surface area contributed by atoms with Crippen LogP contribution < -0.4 is 4.74 Å². The number of hydrogen-bond donors (Lipinski definition) is 1. The largest absolute Gasteiger partial charge is 0.491 e. The van der Waals surface area contributed by atoms with Crippen molar-refractivity contribution in [2.24, 2.45) is 17.8 Å². The van der Waals surface area contributed by atoms with Crippen molar-refractivity contribution in [3.05, 3.63) is 47.3 Å². The SMILES string of the molecule is Cc1nc2cc(-c3cc(C)c4c(c3)CN(C(=O)N3C[C@H]5CC(C)C[C@H]5C3)CCO4)ccc2[nH]1. The number of ether oxygens (including phenoxy) is 1. The van der Waals surface area contributed by atoms with E-state index in [-0.39, 0.29) is 6.03 Å². The molecule has 3 aromatic rings. The summed E-state index contributed by atoms with van der Waals surface area (Å²) in [6.45, 7) is 10.0. The lowest BCUT2D eigenvalue weighted by molar-refractivity contribution is 0.151. The van der Waals surface area contributed by atoms with E-state index in [1.807, 2.05) is 11.8 Å². The average Bonchev–Trinajstić information content (AvgIpc) is 3.39. The van der Waals surface area contributed by atoms with Gasteiger partial charge in [0.1, 0.15) is 18.2 Å². The van der Waals surface area contributed by atoms with Crippen LogP contribution in [0.2, 0.25) is 0 Å². The number of aromatic amines is 1. The van der Waals surface area contributed by atoms with Crippen LogP contribution >= 0.6 is 0 Å². The maximum absolute atomic E-state index is 13.4. The smallest absolute Gasteiger partial charge is 0.320 e. The number of fused-ring (bicyclic) bond motifs is 3. The quantitative estimate of drug-likeness (QED) is 0.565. The molecular formula is C27H32N4O2. The van der Waals surface area contributed by atoms with Gasteiger partial charge in [0.05, 0.1) is 24.1 Å². The van der Waals surface area contributed by atoms with Gasteiger partial charge in [-0.3, -0.25) is 0 Å². The van der Waals surface area contributed by atoms with E-state index >= 15 is 0 Å². The molecule has 6 heteroatoms. The van der Waals surface area contributed by atoms with Crippen molar-refractivity contribution in [1.29, 1.82) is 0 Å². The van der Waals surface area contributed by atoms with E-state index in [4.69, 9.17) is 4.74 Å². The minimum atomic E-state index is 0.171. The van der Waals surface area contributed by atoms with Crippen molar-refractivity contribution >= 4 is 17.1 Å². The molecule has 6 rings (SSSR count). The highest BCUT2D eigenvalue weighted by molar-refractivity contribution is 5.82. The molecule has 1 saturated heterocycles. The number of aromatic nitrogens is 2. The molecule has 1 N–H and O–H groups in total. The number of carbonyl (C=O) groups excluding carboxylic acids is 1. The van der Waals surface area contributed by atoms with Crippen LogP contribution in [-0.4, -0.2) is 52.0 Å². The Bertz CT molecular complexity index is 1220. The Morgan fingerprint density at radius 1 is 1.06 bits per heavy atom. The van der Waals surface area contributed by atoms with E-state index in [0.29, 0.717) is 31.5 Å². The molecule has 1 aromatic heterocycles. The fourth-order valence-electron chi connectivity index (χ4n) is 6.32. The first-order chi connectivity index (χ1) is 15.9. The van der Waals surface area contributed by atoms with E-state index < -0.39 is 0 Å². The fourth-order valence-corrected chi connectivity index (χ4v) is 6.32. The summed E-state index contributed by atoms with van der Waals surface area (Å²) in [5.41, 5.74) is 6.48. The molecule has 2 fully saturated rings. The zero-order valence-electron chi connectivity index (χ0n) is 19.7. The number of nitrogens with zero attached hydrogens (tertiary/aromatic N) is 3. The summed E-state index contributed by atoms with van der Waals surface area (Å²) in [7, 11) is 0. The Morgan fingerprint density at radius 2 is 1.85 bits per heavy atom. The van der Waals surface area contributed by atoms with Crippen molar-refractivity contribution < 1.29 is 9.53 Å². The summed E-state index contributed by atoms with van der Waals surface area (Å²) in [6.07, 6.45) is 2.53. The Morgan fingerprint density at radius 3 is 2.64 bits per heavy atom. The second kappa shape index (κ2) is 7.79. The van der Waals surface area contributed by atoms with Gasteiger partial charge in [-0.1, -0.05) is 13.0 Å². The maximum Gasteiger partial charge on any atom is 0.320 e. The van der Waals surface area contributed by atoms with Gasteiger partial charge in [0.25, 0.3) is 0 Å². The summed E-state index contributed by atoms with van der Waals surface area (Å²) in [6, 6.07) is 10.9. The highest BCUT2D eigenvalue weighted by Gasteiger charge is 2.42. The molecule has 3 aliphatic rings. The summed E-state index contributed by atoms with van der Waals surface area (Å²) >= 11 is 0. The van der Waals surface area contributed by atoms with E-state index in [9.17, 15) is 4.79 Å². The Kier molecular flexibility index (Phi) is 4.86. The van der Waals surface area contributed by atoms with E-state index in [1.165, 1.54) is 12.8 Å². The van der Waals surface area contributed by atoms with Crippen molar-refractivity contribution in [2.45, 2.75) is 40.2 Å². The number of carbonyl (C=O) groups is 1. The van der Waals surface area contributed by atoms with Crippen LogP contribution in [0, 0.1) is 31.6 Å². The first-order valence-corrected chi connectivity index (χ1v) is 12.2. The van der Waals surface area contributed by atoms with Crippen LogP contribution in [0.4, 0.5) is 4.79 Å². The monoisotopic (exact) mass is 444 g/mol. The maximum atomic E-state index is 13.4. The highest BCUT2D eigenvalue weighted by Crippen LogP contribution is 2.42. The van der Waals surface area contributed by atoms with Crippen molar-refractivity contribution in [2.75, 3.05) is 26.2 Å². The summed E-state index contributed by atoms with van der Waals surface area (Å²) < 4.78 is 6.15. The summed E-state index contributed by atoms with van der Waals surface area (Å²) in [5, 5.41) is 0. The third-order valence-corrected chi connectivity index (χ3v) is 7.78. The number of benzene rings is 2. The molecule has 172 valence electrons. The number of rotatable bonds is 1. The van der Waals surface area contributed by atoms with Crippen LogP contribution in [0.5, 0.6) is 5.75 Å². The van der Waals surface area contributed by atoms with Gasteiger partial charge in [-0.05, 0) is 85.4 Å². The molecule has 1 unspecified atom stereocenters. The lowest BCUT2D eigenvalue weighted by atomic mass is 9.98. The number of hydrogen-bond acceptors (Lipinski definition) is 3. The highest BCUT2D eigenvalue weighted by atomic mass is 16.5. The van der Waals surface area contributed by atoms with E-state index in [2.05, 4.69) is 59.0 Å². The van der Waals surface area contributed by atoms with Gasteiger partial charge in [-0.15, -0.1) is 0 Å². The van der Waals surface area contributed by atoms with E-state index in [0.717, 1.165) is 63.9 Å². The van der Waals surface area contributed by atoms with Crippen LogP contribution in [0.3, 0.4) is 0 Å². The predicted molar refractivity (Wildman–Crippen MR) is 129 cm³/mol. The lowest BCUT2D eigenvalue weighted by Gasteiger charge is -2.27. The third-order valence-electron chi connectivity index (χ3n) is 7.78. The van der Waals surface area contributed by atoms with Crippen LogP contribution in [-0.2, 0) is 6.54 Å². The molecule has 3 atom stereocenters. The van der Waals surface area contributed by atoms with Gasteiger partial charge in [0.2, 0.25) is 0 Å². The molecule has 6 nitrogen and oxygen atoms in total. The van der Waals surface area contributed by atoms with Crippen LogP contribution in [0.1, 0.15) is 36.7 Å². The van der Waals surface area contributed by atoms with Gasteiger partial charge in [0, 0.05) is 18.7 Å². The molecule has 0 spiro atoms. The minimum Gasteiger partial charge on any atom is -0.491 e. The number of urea groups is 1. The molecule has 0 bridgehead atoms. The molecule has 1 saturated carbocycles. The molecule has 1 aliphatic carbocycles. The standard InChI is InChI=1S/C27H32N4O2/c1-16-8-21-13-31(14-22(21)9-16)27(32)30-6-7-33-26-17(2)10-20(11-23(26)15-30)19-4-5-24-25(12-19)29-18(3)28-24/h4-5,10-12,16,21-22H,6-9,13-15H2,1-3H3,(H,28,29)/t16?,21-,22+. The van der Waals surface area contributed by atoms with Gasteiger partial charge in [-0.2, -0.15) is 0 Å². The first-order valence-electron chi connectivity index (χ1n) is 12.2. The van der Waals surface area contributed by atoms with Crippen LogP contribution in [0.15, 0.2) is 30.3 Å². The third kappa shape index (κ3) is 3.65. The van der Waals surface area contributed by atoms with E-state index in [1.54, 1.807) is 0 Å². The zero-order chi connectivity index (χ0) is 22.7. The second-order valence-electron chi connectivity index (χ2n) is 10.4. The second-order valence-corrected chi connectivity index (χ2v) is 10.4. The predicted octanol–water partition coefficient (Wildman–Crippen LogP) is 5.14. The molecule has 2 aliphatic heterocycles. The average molecular weight is 445 g/mol. The minimum absolute atomic E-state index is 0.171. The van der Waals surface area contributed by atoms with Gasteiger partial charge >= 0.3 is 6.03 Å². The van der Waals surface area contributed by atoms with Gasteiger partial charge in [0.15, 0.2) is 0 Å². The number of aryl methyl sites for hydroxylation is 2. The molecule has 2 amide bonds. The molecule has 33 heavy (non-hydrogen) atoms. The number of amides is 2. The molecule has 0 radical (unpaired) electrons.